The smallest absolute Gasteiger partial charge is 0.257 e. The Hall–Kier alpha value is -4.49. The van der Waals surface area contributed by atoms with Gasteiger partial charge in [0.25, 0.3) is 5.91 Å². The molecule has 39 heavy (non-hydrogen) atoms. The van der Waals surface area contributed by atoms with E-state index in [4.69, 9.17) is 26.4 Å². The van der Waals surface area contributed by atoms with Gasteiger partial charge in [0, 0.05) is 16.8 Å². The summed E-state index contributed by atoms with van der Waals surface area (Å²) in [6.07, 6.45) is 0. The Morgan fingerprint density at radius 1 is 0.974 bits per heavy atom. The molecule has 5 aromatic rings. The quantitative estimate of drug-likeness (QED) is 0.209. The molecule has 1 amide bonds. The van der Waals surface area contributed by atoms with Gasteiger partial charge in [-0.05, 0) is 90.3 Å². The van der Waals surface area contributed by atoms with Crippen LogP contribution in [0.5, 0.6) is 5.75 Å². The second-order valence-electron chi connectivity index (χ2n) is 9.64. The number of thiocarbonyl (C=S) groups is 1. The van der Waals surface area contributed by atoms with Gasteiger partial charge in [0.2, 0.25) is 5.89 Å². The summed E-state index contributed by atoms with van der Waals surface area (Å²) in [6, 6.07) is 28.8. The summed E-state index contributed by atoms with van der Waals surface area (Å²) in [4.78, 5) is 17.5. The van der Waals surface area contributed by atoms with Crippen LogP contribution in [0.3, 0.4) is 0 Å². The van der Waals surface area contributed by atoms with Crippen molar-refractivity contribution in [3.63, 3.8) is 0 Å². The highest BCUT2D eigenvalue weighted by Crippen LogP contribution is 2.29. The second-order valence-corrected chi connectivity index (χ2v) is 10.0. The first-order valence-corrected chi connectivity index (χ1v) is 13.2. The Bertz CT molecular complexity index is 1630. The minimum Gasteiger partial charge on any atom is -0.489 e. The van der Waals surface area contributed by atoms with Gasteiger partial charge in [0.1, 0.15) is 17.9 Å². The molecular weight excluding hydrogens is 506 g/mol. The number of benzene rings is 4. The number of hydrogen-bond acceptors (Lipinski definition) is 5. The van der Waals surface area contributed by atoms with E-state index < -0.39 is 0 Å². The molecule has 6 nitrogen and oxygen atoms in total. The van der Waals surface area contributed by atoms with E-state index in [-0.39, 0.29) is 11.0 Å². The Labute approximate surface area is 233 Å². The number of ether oxygens (including phenoxy) is 1. The van der Waals surface area contributed by atoms with Gasteiger partial charge in [-0.1, -0.05) is 56.3 Å². The third-order valence-corrected chi connectivity index (χ3v) is 6.61. The van der Waals surface area contributed by atoms with Crippen LogP contribution in [-0.2, 0) is 6.61 Å². The van der Waals surface area contributed by atoms with Gasteiger partial charge >= 0.3 is 0 Å². The molecule has 0 spiro atoms. The van der Waals surface area contributed by atoms with E-state index in [9.17, 15) is 4.79 Å². The number of aromatic nitrogens is 1. The molecule has 0 aliphatic rings. The molecule has 7 heteroatoms. The predicted octanol–water partition coefficient (Wildman–Crippen LogP) is 7.63. The van der Waals surface area contributed by atoms with Gasteiger partial charge in [-0.2, -0.15) is 0 Å². The Kier molecular flexibility index (Phi) is 7.70. The average molecular weight is 536 g/mol. The van der Waals surface area contributed by atoms with Crippen molar-refractivity contribution >= 4 is 40.0 Å². The van der Waals surface area contributed by atoms with E-state index in [1.807, 2.05) is 61.5 Å². The van der Waals surface area contributed by atoms with Crippen LogP contribution in [0.1, 0.15) is 46.8 Å². The van der Waals surface area contributed by atoms with Crippen molar-refractivity contribution in [3.05, 3.63) is 113 Å². The monoisotopic (exact) mass is 535 g/mol. The minimum atomic E-state index is -0.309. The first kappa shape index (κ1) is 26.1. The van der Waals surface area contributed by atoms with Crippen molar-refractivity contribution in [2.75, 3.05) is 5.32 Å². The number of anilines is 1. The number of carbonyl (C=O) groups excluding carboxylic acids is 1. The Morgan fingerprint density at radius 2 is 1.74 bits per heavy atom. The molecule has 0 aliphatic heterocycles. The lowest BCUT2D eigenvalue weighted by Crippen LogP contribution is -2.34. The summed E-state index contributed by atoms with van der Waals surface area (Å²) in [5.41, 5.74) is 6.86. The summed E-state index contributed by atoms with van der Waals surface area (Å²) in [7, 11) is 0. The zero-order valence-electron chi connectivity index (χ0n) is 22.0. The lowest BCUT2D eigenvalue weighted by Gasteiger charge is -2.13. The van der Waals surface area contributed by atoms with Crippen LogP contribution in [0.25, 0.3) is 22.6 Å². The molecule has 5 rings (SSSR count). The number of aryl methyl sites for hydroxylation is 1. The zero-order valence-corrected chi connectivity index (χ0v) is 22.8. The third-order valence-electron chi connectivity index (χ3n) is 6.40. The number of fused-ring (bicyclic) bond motifs is 1. The van der Waals surface area contributed by atoms with Crippen molar-refractivity contribution in [3.8, 4) is 17.2 Å². The van der Waals surface area contributed by atoms with E-state index >= 15 is 0 Å². The molecule has 0 atom stereocenters. The van der Waals surface area contributed by atoms with Crippen LogP contribution in [-0.4, -0.2) is 16.0 Å². The lowest BCUT2D eigenvalue weighted by atomic mass is 10.0. The van der Waals surface area contributed by atoms with Crippen LogP contribution >= 0.6 is 12.2 Å². The Morgan fingerprint density at radius 3 is 2.49 bits per heavy atom. The van der Waals surface area contributed by atoms with Crippen LogP contribution in [0, 0.1) is 6.92 Å². The van der Waals surface area contributed by atoms with E-state index in [2.05, 4.69) is 36.6 Å². The van der Waals surface area contributed by atoms with Crippen LogP contribution in [0.4, 0.5) is 5.69 Å². The Balaban J connectivity index is 1.23. The molecule has 0 unspecified atom stereocenters. The average Bonchev–Trinajstić information content (AvgIpc) is 3.37. The number of amides is 1. The fraction of sp³-hybridized carbons (Fsp3) is 0.156. The van der Waals surface area contributed by atoms with Gasteiger partial charge in [0.05, 0.1) is 0 Å². The summed E-state index contributed by atoms with van der Waals surface area (Å²) in [6.45, 7) is 6.73. The lowest BCUT2D eigenvalue weighted by molar-refractivity contribution is 0.0977. The van der Waals surface area contributed by atoms with Crippen molar-refractivity contribution in [1.29, 1.82) is 0 Å². The highest BCUT2D eigenvalue weighted by molar-refractivity contribution is 7.80. The summed E-state index contributed by atoms with van der Waals surface area (Å²) >= 11 is 5.44. The molecule has 0 saturated carbocycles. The van der Waals surface area contributed by atoms with E-state index in [1.54, 1.807) is 24.3 Å². The fourth-order valence-electron chi connectivity index (χ4n) is 4.09. The molecule has 0 radical (unpaired) electrons. The predicted molar refractivity (Wildman–Crippen MR) is 159 cm³/mol. The van der Waals surface area contributed by atoms with Gasteiger partial charge in [-0.15, -0.1) is 0 Å². The van der Waals surface area contributed by atoms with Gasteiger partial charge in [-0.25, -0.2) is 4.98 Å². The molecule has 4 aromatic carbocycles. The maximum absolute atomic E-state index is 12.8. The van der Waals surface area contributed by atoms with E-state index in [1.165, 1.54) is 5.56 Å². The molecular formula is C32H29N3O3S. The maximum atomic E-state index is 12.8. The highest BCUT2D eigenvalue weighted by Gasteiger charge is 2.13. The first-order valence-electron chi connectivity index (χ1n) is 12.8. The summed E-state index contributed by atoms with van der Waals surface area (Å²) in [5, 5.41) is 6.08. The van der Waals surface area contributed by atoms with E-state index in [0.717, 1.165) is 33.5 Å². The topological polar surface area (TPSA) is 76.4 Å². The van der Waals surface area contributed by atoms with Crippen molar-refractivity contribution in [2.45, 2.75) is 33.3 Å². The van der Waals surface area contributed by atoms with E-state index in [0.29, 0.717) is 29.7 Å². The maximum Gasteiger partial charge on any atom is 0.257 e. The van der Waals surface area contributed by atoms with Crippen LogP contribution in [0.2, 0.25) is 0 Å². The van der Waals surface area contributed by atoms with Gasteiger partial charge < -0.3 is 14.5 Å². The molecule has 0 aliphatic carbocycles. The normalized spacial score (nSPS) is 11.0. The second kappa shape index (κ2) is 11.5. The number of oxazole rings is 1. The fourth-order valence-corrected chi connectivity index (χ4v) is 4.29. The zero-order chi connectivity index (χ0) is 27.4. The number of nitrogens with one attached hydrogen (secondary N) is 2. The molecule has 2 N–H and O–H groups in total. The molecule has 0 fully saturated rings. The number of hydrogen-bond donors (Lipinski definition) is 2. The van der Waals surface area contributed by atoms with Crippen molar-refractivity contribution < 1.29 is 13.9 Å². The van der Waals surface area contributed by atoms with Gasteiger partial charge in [0.15, 0.2) is 10.7 Å². The van der Waals surface area contributed by atoms with Gasteiger partial charge in [-0.3, -0.25) is 10.1 Å². The molecule has 0 saturated heterocycles. The van der Waals surface area contributed by atoms with Crippen molar-refractivity contribution in [2.24, 2.45) is 0 Å². The van der Waals surface area contributed by atoms with Crippen LogP contribution in [0.15, 0.2) is 95.4 Å². The minimum absolute atomic E-state index is 0.198. The first-order chi connectivity index (χ1) is 18.9. The number of rotatable bonds is 7. The number of carbonyl (C=O) groups is 1. The SMILES string of the molecule is Cc1ccc(-c2nc3cc(C(C)C)ccc3o2)cc1NC(=S)NC(=O)c1ccc(OCc2ccccc2)cc1. The largest absolute Gasteiger partial charge is 0.489 e. The summed E-state index contributed by atoms with van der Waals surface area (Å²) < 4.78 is 11.8. The third kappa shape index (κ3) is 6.33. The molecule has 1 aromatic heterocycles. The standard InChI is InChI=1S/C32H29N3O3S/c1-20(2)24-13-16-29-28(17-24)33-31(38-29)25-10-9-21(3)27(18-25)34-32(39)35-30(36)23-11-14-26(15-12-23)37-19-22-7-5-4-6-8-22/h4-18,20H,19H2,1-3H3,(H2,34,35,36,39). The molecule has 0 bridgehead atoms. The highest BCUT2D eigenvalue weighted by atomic mass is 32.1. The summed E-state index contributed by atoms with van der Waals surface area (Å²) in [5.74, 6) is 1.31. The van der Waals surface area contributed by atoms with Crippen LogP contribution < -0.4 is 15.4 Å². The van der Waals surface area contributed by atoms with Crippen molar-refractivity contribution in [1.82, 2.24) is 10.3 Å². The molecule has 1 heterocycles. The molecule has 196 valence electrons. The number of nitrogens with zero attached hydrogens (tertiary/aromatic N) is 1.